The molecule has 28 heavy (non-hydrogen) atoms. The second-order valence-corrected chi connectivity index (χ2v) is 6.32. The van der Waals surface area contributed by atoms with E-state index < -0.39 is 90.3 Å². The Bertz CT molecular complexity index is 1910. The standard InChI is InChI=1S/C25H17BO2/c1-16-13-23-25-24(14-16)28-22-15-18(17-7-3-2-4-8-17)11-12-20(22)26(25)19-9-5-6-10-21(19)27-23/h2-15H,1H3/i2D,3D,4D,5D,6D,7D,8D,9D,10D,11D,12D,13D,14D,15D. The summed E-state index contributed by atoms with van der Waals surface area (Å²) >= 11 is 0. The van der Waals surface area contributed by atoms with Crippen molar-refractivity contribution in [1.82, 2.24) is 0 Å². The van der Waals surface area contributed by atoms with Gasteiger partial charge in [0.25, 0.3) is 6.71 Å². The van der Waals surface area contributed by atoms with Crippen LogP contribution in [0.1, 0.15) is 24.8 Å². The summed E-state index contributed by atoms with van der Waals surface area (Å²) in [6.45, 7) is 0.143. The molecular weight excluding hydrogens is 343 g/mol. The molecule has 0 unspecified atom stereocenters. The lowest BCUT2D eigenvalue weighted by Crippen LogP contribution is -2.57. The van der Waals surface area contributed by atoms with E-state index in [0.29, 0.717) is 0 Å². The fourth-order valence-electron chi connectivity index (χ4n) is 3.45. The van der Waals surface area contributed by atoms with Crippen molar-refractivity contribution in [2.45, 2.75) is 6.92 Å². The average Bonchev–Trinajstić information content (AvgIpc) is 2.97. The zero-order chi connectivity index (χ0) is 30.8. The molecule has 0 spiro atoms. The third kappa shape index (κ3) is 2.23. The molecular formula is C25H17BO2. The Morgan fingerprint density at radius 1 is 0.643 bits per heavy atom. The Labute approximate surface area is 184 Å². The summed E-state index contributed by atoms with van der Waals surface area (Å²) in [4.78, 5) is 0. The topological polar surface area (TPSA) is 18.5 Å². The molecule has 0 aromatic heterocycles. The van der Waals surface area contributed by atoms with Crippen molar-refractivity contribution in [2.75, 3.05) is 0 Å². The van der Waals surface area contributed by atoms with Gasteiger partial charge >= 0.3 is 0 Å². The molecule has 3 heteroatoms. The van der Waals surface area contributed by atoms with Crippen molar-refractivity contribution in [3.05, 3.63) is 90.2 Å². The number of benzene rings is 4. The van der Waals surface area contributed by atoms with E-state index in [-0.39, 0.29) is 57.0 Å². The lowest BCUT2D eigenvalue weighted by Gasteiger charge is -2.33. The molecule has 4 aromatic carbocycles. The third-order valence-electron chi connectivity index (χ3n) is 4.60. The van der Waals surface area contributed by atoms with Gasteiger partial charge in [-0.2, -0.15) is 0 Å². The molecule has 0 atom stereocenters. The molecule has 2 aliphatic heterocycles. The Hall–Kier alpha value is -3.46. The van der Waals surface area contributed by atoms with E-state index >= 15 is 0 Å². The van der Waals surface area contributed by atoms with Crippen LogP contribution in [0.25, 0.3) is 11.1 Å². The van der Waals surface area contributed by atoms with Gasteiger partial charge < -0.3 is 9.47 Å². The predicted octanol–water partition coefficient (Wildman–Crippen LogP) is 4.39. The van der Waals surface area contributed by atoms with Crippen LogP contribution in [-0.4, -0.2) is 6.71 Å². The fourth-order valence-corrected chi connectivity index (χ4v) is 3.45. The number of fused-ring (bicyclic) bond motifs is 4. The van der Waals surface area contributed by atoms with Crippen molar-refractivity contribution in [1.29, 1.82) is 0 Å². The minimum absolute atomic E-state index is 0.0310. The highest BCUT2D eigenvalue weighted by atomic mass is 16.5. The summed E-state index contributed by atoms with van der Waals surface area (Å²) in [6, 6.07) is -8.14. The number of ether oxygens (including phenoxy) is 2. The number of hydrogen-bond donors (Lipinski definition) is 0. The van der Waals surface area contributed by atoms with Gasteiger partial charge in [-0.15, -0.1) is 0 Å². The monoisotopic (exact) mass is 374 g/mol. The second kappa shape index (κ2) is 5.77. The molecule has 0 bridgehead atoms. The number of rotatable bonds is 1. The molecule has 0 N–H and O–H groups in total. The summed E-state index contributed by atoms with van der Waals surface area (Å²) in [6.07, 6.45) is 0. The van der Waals surface area contributed by atoms with Crippen molar-refractivity contribution in [2.24, 2.45) is 0 Å². The SMILES string of the molecule is [2H]c1c([2H])c([2H])c(-c2c([2H])c([2H])c3c(c2[2H])Oc2c([2H])c(C)c([2H])c4c2B3c2c([2H])c([2H])c([2H])c([2H])c2O4)c([2H])c1[2H]. The van der Waals surface area contributed by atoms with Crippen LogP contribution in [0.2, 0.25) is 0 Å². The van der Waals surface area contributed by atoms with Crippen LogP contribution >= 0.6 is 0 Å². The summed E-state index contributed by atoms with van der Waals surface area (Å²) < 4.78 is 130. The average molecular weight is 374 g/mol. The largest absolute Gasteiger partial charge is 0.458 e. The lowest BCUT2D eigenvalue weighted by atomic mass is 9.35. The predicted molar refractivity (Wildman–Crippen MR) is 114 cm³/mol. The molecule has 0 aliphatic carbocycles. The zero-order valence-electron chi connectivity index (χ0n) is 28.4. The molecule has 2 aliphatic rings. The van der Waals surface area contributed by atoms with Crippen LogP contribution in [-0.2, 0) is 0 Å². The van der Waals surface area contributed by atoms with E-state index in [0.717, 1.165) is 0 Å². The quantitative estimate of drug-likeness (QED) is 0.398. The molecule has 0 saturated heterocycles. The Morgan fingerprint density at radius 3 is 2.14 bits per heavy atom. The summed E-state index contributed by atoms with van der Waals surface area (Å²) in [5, 5.41) is 0. The summed E-state index contributed by atoms with van der Waals surface area (Å²) in [5.41, 5.74) is -1.13. The molecule has 2 nitrogen and oxygen atoms in total. The summed E-state index contributed by atoms with van der Waals surface area (Å²) in [5.74, 6) is -1.03. The Kier molecular flexibility index (Phi) is 1.48. The number of hydrogen-bond acceptors (Lipinski definition) is 2. The molecule has 2 heterocycles. The van der Waals surface area contributed by atoms with E-state index in [4.69, 9.17) is 28.7 Å². The number of para-hydroxylation sites is 1. The zero-order valence-corrected chi connectivity index (χ0v) is 14.4. The first-order valence-corrected chi connectivity index (χ1v) is 8.43. The first-order chi connectivity index (χ1) is 19.6. The first kappa shape index (κ1) is 7.18. The van der Waals surface area contributed by atoms with E-state index in [2.05, 4.69) is 0 Å². The van der Waals surface area contributed by atoms with Gasteiger partial charge in [-0.25, -0.2) is 0 Å². The Balaban J connectivity index is 1.79. The maximum atomic E-state index is 9.04. The van der Waals surface area contributed by atoms with E-state index in [1.54, 1.807) is 0 Å². The second-order valence-electron chi connectivity index (χ2n) is 6.32. The molecule has 132 valence electrons. The van der Waals surface area contributed by atoms with Crippen LogP contribution in [0, 0.1) is 6.92 Å². The highest BCUT2D eigenvalue weighted by Crippen LogP contribution is 2.36. The van der Waals surface area contributed by atoms with Gasteiger partial charge in [-0.05, 0) is 58.7 Å². The maximum Gasteiger partial charge on any atom is 0.260 e. The van der Waals surface area contributed by atoms with Crippen molar-refractivity contribution in [3.8, 4) is 34.1 Å². The minimum atomic E-state index is -1.31. The van der Waals surface area contributed by atoms with Crippen molar-refractivity contribution >= 4 is 23.1 Å². The van der Waals surface area contributed by atoms with Gasteiger partial charge in [0.1, 0.15) is 23.0 Å². The van der Waals surface area contributed by atoms with Crippen molar-refractivity contribution < 1.29 is 28.7 Å². The molecule has 4 aromatic rings. The van der Waals surface area contributed by atoms with Crippen LogP contribution < -0.4 is 25.9 Å². The van der Waals surface area contributed by atoms with Gasteiger partial charge in [0.05, 0.1) is 19.2 Å². The molecule has 0 saturated carbocycles. The molecule has 6 rings (SSSR count). The summed E-state index contributed by atoms with van der Waals surface area (Å²) in [7, 11) is 0. The molecule has 0 fully saturated rings. The van der Waals surface area contributed by atoms with Gasteiger partial charge in [-0.3, -0.25) is 0 Å². The maximum absolute atomic E-state index is 9.04. The molecule has 0 amide bonds. The van der Waals surface area contributed by atoms with Crippen LogP contribution in [0.4, 0.5) is 0 Å². The van der Waals surface area contributed by atoms with E-state index in [9.17, 15) is 0 Å². The first-order valence-electron chi connectivity index (χ1n) is 15.4. The van der Waals surface area contributed by atoms with Crippen molar-refractivity contribution in [3.63, 3.8) is 0 Å². The highest BCUT2D eigenvalue weighted by molar-refractivity contribution is 6.98. The Morgan fingerprint density at radius 2 is 1.32 bits per heavy atom. The highest BCUT2D eigenvalue weighted by Gasteiger charge is 2.40. The van der Waals surface area contributed by atoms with Crippen LogP contribution in [0.3, 0.4) is 0 Å². The fraction of sp³-hybridized carbons (Fsp3) is 0.0400. The van der Waals surface area contributed by atoms with Gasteiger partial charge in [-0.1, -0.05) is 60.4 Å². The smallest absolute Gasteiger partial charge is 0.260 e. The minimum Gasteiger partial charge on any atom is -0.458 e. The lowest BCUT2D eigenvalue weighted by molar-refractivity contribution is 0.464. The van der Waals surface area contributed by atoms with Gasteiger partial charge in [0.2, 0.25) is 0 Å². The van der Waals surface area contributed by atoms with Gasteiger partial charge in [0.15, 0.2) is 0 Å². The normalized spacial score (nSPS) is 20.0. The molecule has 0 radical (unpaired) electrons. The third-order valence-corrected chi connectivity index (χ3v) is 4.60. The van der Waals surface area contributed by atoms with E-state index in [1.807, 2.05) is 0 Å². The van der Waals surface area contributed by atoms with Crippen LogP contribution in [0.5, 0.6) is 23.0 Å². The van der Waals surface area contributed by atoms with Gasteiger partial charge in [0, 0.05) is 5.46 Å². The van der Waals surface area contributed by atoms with E-state index in [1.165, 1.54) is 6.92 Å². The van der Waals surface area contributed by atoms with Crippen LogP contribution in [0.15, 0.2) is 84.6 Å².